The fraction of sp³-hybridized carbons (Fsp3) is 0.529. The van der Waals surface area contributed by atoms with Crippen LogP contribution in [0, 0.1) is 0 Å². The van der Waals surface area contributed by atoms with Gasteiger partial charge in [-0.2, -0.15) is 11.8 Å². The number of aliphatic hydroxyl groups is 1. The van der Waals surface area contributed by atoms with Gasteiger partial charge in [0.05, 0.1) is 29.1 Å². The molecule has 0 atom stereocenters. The number of hydrogen-bond acceptors (Lipinski definition) is 5. The van der Waals surface area contributed by atoms with Crippen molar-refractivity contribution in [1.82, 2.24) is 14.5 Å². The minimum atomic E-state index is -0.817. The van der Waals surface area contributed by atoms with E-state index in [-0.39, 0.29) is 0 Å². The molecule has 2 heterocycles. The first-order valence-electron chi connectivity index (χ1n) is 8.05. The van der Waals surface area contributed by atoms with Crippen molar-refractivity contribution in [3.8, 4) is 0 Å². The van der Waals surface area contributed by atoms with Crippen molar-refractivity contribution in [3.63, 3.8) is 0 Å². The fourth-order valence-corrected chi connectivity index (χ4v) is 3.60. The van der Waals surface area contributed by atoms with Crippen molar-refractivity contribution in [1.29, 1.82) is 0 Å². The molecule has 0 fully saturated rings. The van der Waals surface area contributed by atoms with E-state index < -0.39 is 5.60 Å². The van der Waals surface area contributed by atoms with Crippen LogP contribution in [-0.4, -0.2) is 31.0 Å². The summed E-state index contributed by atoms with van der Waals surface area (Å²) < 4.78 is 2.13. The SMILES string of the molecule is CCSCc1nc2c(N)nc3c(c2n1CC(C)(C)O)C=CCC3. The quantitative estimate of drug-likeness (QED) is 0.880. The van der Waals surface area contributed by atoms with E-state index in [1.165, 1.54) is 0 Å². The first-order chi connectivity index (χ1) is 10.9. The van der Waals surface area contributed by atoms with Gasteiger partial charge in [0.1, 0.15) is 11.3 Å². The van der Waals surface area contributed by atoms with Crippen LogP contribution in [-0.2, 0) is 18.7 Å². The highest BCUT2D eigenvalue weighted by Crippen LogP contribution is 2.32. The van der Waals surface area contributed by atoms with Crippen LogP contribution in [0.15, 0.2) is 6.08 Å². The summed E-state index contributed by atoms with van der Waals surface area (Å²) in [5, 5.41) is 10.4. The van der Waals surface area contributed by atoms with Gasteiger partial charge in [0.15, 0.2) is 5.82 Å². The van der Waals surface area contributed by atoms with Crippen molar-refractivity contribution in [2.75, 3.05) is 11.5 Å². The Morgan fingerprint density at radius 1 is 1.39 bits per heavy atom. The number of hydrogen-bond donors (Lipinski definition) is 2. The molecule has 0 bridgehead atoms. The van der Waals surface area contributed by atoms with Crippen LogP contribution in [0.3, 0.4) is 0 Å². The van der Waals surface area contributed by atoms with Crippen LogP contribution in [0.25, 0.3) is 17.1 Å². The zero-order valence-corrected chi connectivity index (χ0v) is 14.8. The average molecular weight is 332 g/mol. The predicted molar refractivity (Wildman–Crippen MR) is 97.4 cm³/mol. The summed E-state index contributed by atoms with van der Waals surface area (Å²) in [4.78, 5) is 9.31. The zero-order chi connectivity index (χ0) is 16.6. The number of fused-ring (bicyclic) bond motifs is 3. The number of pyridine rings is 1. The highest BCUT2D eigenvalue weighted by molar-refractivity contribution is 7.98. The second-order valence-electron chi connectivity index (χ2n) is 6.56. The molecule has 3 N–H and O–H groups in total. The van der Waals surface area contributed by atoms with E-state index in [2.05, 4.69) is 28.6 Å². The Morgan fingerprint density at radius 2 is 2.17 bits per heavy atom. The molecule has 0 spiro atoms. The van der Waals surface area contributed by atoms with E-state index in [0.29, 0.717) is 12.4 Å². The summed E-state index contributed by atoms with van der Waals surface area (Å²) in [7, 11) is 0. The summed E-state index contributed by atoms with van der Waals surface area (Å²) in [6.07, 6.45) is 6.18. The largest absolute Gasteiger partial charge is 0.389 e. The van der Waals surface area contributed by atoms with Gasteiger partial charge in [0.2, 0.25) is 0 Å². The van der Waals surface area contributed by atoms with Crippen molar-refractivity contribution < 1.29 is 5.11 Å². The lowest BCUT2D eigenvalue weighted by Gasteiger charge is -2.21. The van der Waals surface area contributed by atoms with E-state index in [4.69, 9.17) is 10.7 Å². The van der Waals surface area contributed by atoms with Crippen LogP contribution >= 0.6 is 11.8 Å². The Labute approximate surface area is 141 Å². The molecule has 0 saturated heterocycles. The third kappa shape index (κ3) is 3.23. The first-order valence-corrected chi connectivity index (χ1v) is 9.20. The lowest BCUT2D eigenvalue weighted by molar-refractivity contribution is 0.0620. The molecule has 2 aromatic heterocycles. The summed E-state index contributed by atoms with van der Waals surface area (Å²) >= 11 is 1.82. The lowest BCUT2D eigenvalue weighted by atomic mass is 10.0. The van der Waals surface area contributed by atoms with Gasteiger partial charge in [0, 0.05) is 5.56 Å². The average Bonchev–Trinajstić information content (AvgIpc) is 2.83. The molecular formula is C17H24N4OS. The number of anilines is 1. The van der Waals surface area contributed by atoms with Gasteiger partial charge in [-0.3, -0.25) is 0 Å². The lowest BCUT2D eigenvalue weighted by Crippen LogP contribution is -2.27. The molecule has 2 aromatic rings. The van der Waals surface area contributed by atoms with Crippen LogP contribution < -0.4 is 5.73 Å². The number of thioether (sulfide) groups is 1. The molecule has 6 heteroatoms. The maximum absolute atomic E-state index is 10.4. The molecule has 0 aromatic carbocycles. The minimum Gasteiger partial charge on any atom is -0.389 e. The highest BCUT2D eigenvalue weighted by atomic mass is 32.2. The van der Waals surface area contributed by atoms with Crippen molar-refractivity contribution >= 4 is 34.7 Å². The minimum absolute atomic E-state index is 0.492. The molecule has 0 saturated carbocycles. The van der Waals surface area contributed by atoms with Gasteiger partial charge < -0.3 is 15.4 Å². The van der Waals surface area contributed by atoms with E-state index in [9.17, 15) is 5.11 Å². The Bertz CT molecular complexity index is 758. The smallest absolute Gasteiger partial charge is 0.151 e. The number of nitrogen functional groups attached to an aromatic ring is 1. The molecule has 5 nitrogen and oxygen atoms in total. The van der Waals surface area contributed by atoms with Gasteiger partial charge >= 0.3 is 0 Å². The van der Waals surface area contributed by atoms with Crippen molar-refractivity contribution in [2.45, 2.75) is 51.5 Å². The van der Waals surface area contributed by atoms with Crippen molar-refractivity contribution in [3.05, 3.63) is 23.2 Å². The molecule has 0 amide bonds. The zero-order valence-electron chi connectivity index (χ0n) is 14.0. The molecule has 1 aliphatic rings. The van der Waals surface area contributed by atoms with Gasteiger partial charge in [-0.15, -0.1) is 0 Å². The Hall–Kier alpha value is -1.53. The van der Waals surface area contributed by atoms with Crippen LogP contribution in [0.1, 0.15) is 44.3 Å². The molecule has 0 radical (unpaired) electrons. The number of nitrogens with two attached hydrogens (primary N) is 1. The molecule has 124 valence electrons. The summed E-state index contributed by atoms with van der Waals surface area (Å²) in [6.45, 7) is 6.27. The number of aromatic nitrogens is 3. The highest BCUT2D eigenvalue weighted by Gasteiger charge is 2.24. The van der Waals surface area contributed by atoms with Gasteiger partial charge in [-0.05, 0) is 32.4 Å². The van der Waals surface area contributed by atoms with Crippen LogP contribution in [0.5, 0.6) is 0 Å². The van der Waals surface area contributed by atoms with Gasteiger partial charge in [-0.1, -0.05) is 19.1 Å². The number of imidazole rings is 1. The second-order valence-corrected chi connectivity index (χ2v) is 7.83. The third-order valence-electron chi connectivity index (χ3n) is 3.92. The van der Waals surface area contributed by atoms with E-state index in [1.807, 2.05) is 25.6 Å². The Kier molecular flexibility index (Phi) is 4.38. The first kappa shape index (κ1) is 16.3. The predicted octanol–water partition coefficient (Wildman–Crippen LogP) is 3.00. The van der Waals surface area contributed by atoms with E-state index >= 15 is 0 Å². The summed E-state index contributed by atoms with van der Waals surface area (Å²) in [6, 6.07) is 0. The topological polar surface area (TPSA) is 77.0 Å². The molecule has 0 aliphatic heterocycles. The van der Waals surface area contributed by atoms with Gasteiger partial charge in [-0.25, -0.2) is 9.97 Å². The summed E-state index contributed by atoms with van der Waals surface area (Å²) in [5.41, 5.74) is 9.26. The van der Waals surface area contributed by atoms with Crippen LogP contribution in [0.2, 0.25) is 0 Å². The Morgan fingerprint density at radius 3 is 2.87 bits per heavy atom. The number of aryl methyl sites for hydroxylation is 1. The molecule has 3 rings (SSSR count). The maximum Gasteiger partial charge on any atom is 0.151 e. The summed E-state index contributed by atoms with van der Waals surface area (Å²) in [5.74, 6) is 3.28. The van der Waals surface area contributed by atoms with Crippen LogP contribution in [0.4, 0.5) is 5.82 Å². The van der Waals surface area contributed by atoms with E-state index in [0.717, 1.165) is 52.5 Å². The fourth-order valence-electron chi connectivity index (χ4n) is 2.99. The molecule has 0 unspecified atom stereocenters. The third-order valence-corrected chi connectivity index (χ3v) is 4.79. The maximum atomic E-state index is 10.4. The monoisotopic (exact) mass is 332 g/mol. The van der Waals surface area contributed by atoms with Crippen molar-refractivity contribution in [2.24, 2.45) is 0 Å². The number of nitrogens with zero attached hydrogens (tertiary/aromatic N) is 3. The van der Waals surface area contributed by atoms with E-state index in [1.54, 1.807) is 0 Å². The molecule has 23 heavy (non-hydrogen) atoms. The second kappa shape index (κ2) is 6.17. The number of allylic oxidation sites excluding steroid dienone is 1. The number of rotatable bonds is 5. The molecular weight excluding hydrogens is 308 g/mol. The standard InChI is InChI=1S/C17H24N4OS/c1-4-23-9-13-20-14-15(21(13)10-17(2,3)22)11-7-5-6-8-12(11)19-16(14)18/h5,7,22H,4,6,8-10H2,1-3H3,(H2,18,19). The van der Waals surface area contributed by atoms with Gasteiger partial charge in [0.25, 0.3) is 0 Å². The normalized spacial score (nSPS) is 14.4. The Balaban J connectivity index is 2.25. The molecule has 1 aliphatic carbocycles.